The van der Waals surface area contributed by atoms with E-state index in [2.05, 4.69) is 37.4 Å². The second kappa shape index (κ2) is 13.0. The van der Waals surface area contributed by atoms with Crippen molar-refractivity contribution in [3.63, 3.8) is 0 Å². The van der Waals surface area contributed by atoms with E-state index in [0.717, 1.165) is 36.5 Å². The number of carbonyl (C=O) groups is 2. The summed E-state index contributed by atoms with van der Waals surface area (Å²) in [6, 6.07) is 16.5. The topological polar surface area (TPSA) is 71.1 Å². The molecule has 2 atom stereocenters. The average molecular weight is 493 g/mol. The summed E-state index contributed by atoms with van der Waals surface area (Å²) in [5, 5.41) is 0. The van der Waals surface area contributed by atoms with Gasteiger partial charge in [-0.05, 0) is 62.1 Å². The predicted molar refractivity (Wildman–Crippen MR) is 139 cm³/mol. The molecule has 1 fully saturated rings. The van der Waals surface area contributed by atoms with E-state index >= 15 is 0 Å². The molecule has 0 aromatic heterocycles. The molecule has 2 aromatic rings. The zero-order valence-corrected chi connectivity index (χ0v) is 21.2. The second-order valence-electron chi connectivity index (χ2n) is 9.22. The van der Waals surface area contributed by atoms with Gasteiger partial charge in [-0.2, -0.15) is 0 Å². The maximum absolute atomic E-state index is 11.3. The van der Waals surface area contributed by atoms with E-state index in [1.54, 1.807) is 13.8 Å². The molecule has 0 radical (unpaired) electrons. The molecule has 2 aromatic carbocycles. The van der Waals surface area contributed by atoms with Crippen LogP contribution in [0.1, 0.15) is 57.1 Å². The van der Waals surface area contributed by atoms with Gasteiger partial charge < -0.3 is 18.9 Å². The zero-order valence-electron chi connectivity index (χ0n) is 21.2. The number of ether oxygens (including phenoxy) is 4. The fraction of sp³-hybridized carbons (Fsp3) is 0.400. The maximum atomic E-state index is 11.3. The highest BCUT2D eigenvalue weighted by Gasteiger charge is 2.35. The first-order chi connectivity index (χ1) is 17.4. The van der Waals surface area contributed by atoms with Gasteiger partial charge in [0.25, 0.3) is 0 Å². The van der Waals surface area contributed by atoms with Gasteiger partial charge >= 0.3 is 11.9 Å². The van der Waals surface area contributed by atoms with Crippen LogP contribution in [-0.2, 0) is 24.5 Å². The van der Waals surface area contributed by atoms with Gasteiger partial charge in [0.15, 0.2) is 0 Å². The van der Waals surface area contributed by atoms with Crippen LogP contribution in [0.3, 0.4) is 0 Å². The normalized spacial score (nSPS) is 16.2. The summed E-state index contributed by atoms with van der Waals surface area (Å²) in [5.41, 5.74) is 2.47. The van der Waals surface area contributed by atoms with Crippen molar-refractivity contribution >= 4 is 11.9 Å². The Hall–Kier alpha value is -3.54. The lowest BCUT2D eigenvalue weighted by Gasteiger charge is -2.38. The maximum Gasteiger partial charge on any atom is 0.330 e. The Morgan fingerprint density at radius 1 is 0.750 bits per heavy atom. The Kier molecular flexibility index (Phi) is 9.74. The van der Waals surface area contributed by atoms with E-state index in [9.17, 15) is 9.59 Å². The molecular formula is C30H36O6. The van der Waals surface area contributed by atoms with Gasteiger partial charge in [0, 0.05) is 17.6 Å². The number of esters is 2. The fourth-order valence-corrected chi connectivity index (χ4v) is 4.63. The Balaban J connectivity index is 1.68. The minimum atomic E-state index is -0.456. The summed E-state index contributed by atoms with van der Waals surface area (Å²) in [6.45, 7) is 10.9. The molecule has 36 heavy (non-hydrogen) atoms. The molecule has 2 unspecified atom stereocenters. The molecule has 0 bridgehead atoms. The molecule has 1 aliphatic rings. The van der Waals surface area contributed by atoms with E-state index in [1.165, 1.54) is 30.4 Å². The lowest BCUT2D eigenvalue weighted by Crippen LogP contribution is -2.30. The van der Waals surface area contributed by atoms with Crippen molar-refractivity contribution < 1.29 is 28.5 Å². The van der Waals surface area contributed by atoms with Crippen LogP contribution in [0.5, 0.6) is 11.5 Å². The predicted octanol–water partition coefficient (Wildman–Crippen LogP) is 5.93. The van der Waals surface area contributed by atoms with Crippen molar-refractivity contribution in [3.8, 4) is 11.5 Å². The van der Waals surface area contributed by atoms with E-state index in [0.29, 0.717) is 0 Å². The highest BCUT2D eigenvalue weighted by molar-refractivity contribution is 5.81. The molecule has 1 saturated carbocycles. The monoisotopic (exact) mass is 492 g/mol. The lowest BCUT2D eigenvalue weighted by molar-refractivity contribution is -0.144. The summed E-state index contributed by atoms with van der Waals surface area (Å²) >= 11 is 0. The van der Waals surface area contributed by atoms with Gasteiger partial charge in [-0.1, -0.05) is 56.7 Å². The van der Waals surface area contributed by atoms with Crippen molar-refractivity contribution in [1.82, 2.24) is 0 Å². The van der Waals surface area contributed by atoms with Crippen LogP contribution in [0.25, 0.3) is 0 Å². The summed E-state index contributed by atoms with van der Waals surface area (Å²) in [6.07, 6.45) is 7.32. The van der Waals surface area contributed by atoms with Crippen molar-refractivity contribution in [2.45, 2.75) is 63.6 Å². The average Bonchev–Trinajstić information content (AvgIpc) is 2.91. The van der Waals surface area contributed by atoms with E-state index in [1.807, 2.05) is 24.3 Å². The molecule has 192 valence electrons. The van der Waals surface area contributed by atoms with Crippen LogP contribution in [0.15, 0.2) is 73.8 Å². The second-order valence-corrected chi connectivity index (χ2v) is 9.22. The molecule has 0 heterocycles. The van der Waals surface area contributed by atoms with Gasteiger partial charge in [-0.25, -0.2) is 9.59 Å². The molecule has 0 N–H and O–H groups in total. The lowest BCUT2D eigenvalue weighted by atomic mass is 9.65. The first-order valence-corrected chi connectivity index (χ1v) is 12.5. The van der Waals surface area contributed by atoms with Crippen LogP contribution >= 0.6 is 0 Å². The first-order valence-electron chi connectivity index (χ1n) is 12.5. The molecule has 1 aliphatic carbocycles. The molecule has 6 nitrogen and oxygen atoms in total. The van der Waals surface area contributed by atoms with Gasteiger partial charge in [-0.15, -0.1) is 0 Å². The Morgan fingerprint density at radius 3 is 1.50 bits per heavy atom. The SMILES string of the molecule is C=CC(=O)OC(C)COc1ccc(C2(c3ccc(OCC(C)OC(=O)C=C)cc3)CCCCC2)cc1. The minimum Gasteiger partial charge on any atom is -0.490 e. The quantitative estimate of drug-likeness (QED) is 0.270. The Morgan fingerprint density at radius 2 is 1.14 bits per heavy atom. The summed E-state index contributed by atoms with van der Waals surface area (Å²) < 4.78 is 22.0. The van der Waals surface area contributed by atoms with Crippen LogP contribution in [0.2, 0.25) is 0 Å². The van der Waals surface area contributed by atoms with Crippen LogP contribution in [-0.4, -0.2) is 37.4 Å². The number of rotatable bonds is 12. The van der Waals surface area contributed by atoms with Gasteiger partial charge in [0.05, 0.1) is 0 Å². The van der Waals surface area contributed by atoms with E-state index < -0.39 is 11.9 Å². The highest BCUT2D eigenvalue weighted by atomic mass is 16.6. The molecule has 0 amide bonds. The van der Waals surface area contributed by atoms with Gasteiger partial charge in [0.2, 0.25) is 0 Å². The minimum absolute atomic E-state index is 0.0606. The third kappa shape index (κ3) is 7.23. The third-order valence-corrected chi connectivity index (χ3v) is 6.46. The van der Waals surface area contributed by atoms with Crippen molar-refractivity contribution in [3.05, 3.63) is 85.0 Å². The van der Waals surface area contributed by atoms with E-state index in [4.69, 9.17) is 18.9 Å². The van der Waals surface area contributed by atoms with Crippen molar-refractivity contribution in [2.24, 2.45) is 0 Å². The number of hydrogen-bond donors (Lipinski definition) is 0. The number of hydrogen-bond acceptors (Lipinski definition) is 6. The molecule has 6 heteroatoms. The van der Waals surface area contributed by atoms with Gasteiger partial charge in [0.1, 0.15) is 36.9 Å². The van der Waals surface area contributed by atoms with Gasteiger partial charge in [-0.3, -0.25) is 0 Å². The Labute approximate surface area is 213 Å². The van der Waals surface area contributed by atoms with Crippen molar-refractivity contribution in [2.75, 3.05) is 13.2 Å². The summed E-state index contributed by atoms with van der Waals surface area (Å²) in [5.74, 6) is 0.563. The molecular weight excluding hydrogens is 456 g/mol. The van der Waals surface area contributed by atoms with Crippen LogP contribution in [0.4, 0.5) is 0 Å². The first kappa shape index (κ1) is 27.1. The fourth-order valence-electron chi connectivity index (χ4n) is 4.63. The van der Waals surface area contributed by atoms with Crippen molar-refractivity contribution in [1.29, 1.82) is 0 Å². The molecule has 0 aliphatic heterocycles. The number of carbonyl (C=O) groups excluding carboxylic acids is 2. The molecule has 0 saturated heterocycles. The standard InChI is InChI=1S/C30H36O6/c1-5-28(31)35-22(3)20-33-26-14-10-24(11-15-26)30(18-8-7-9-19-30)25-12-16-27(17-13-25)34-21-23(4)36-29(32)6-2/h5-6,10-17,22-23H,1-2,7-9,18-21H2,3-4H3. The van der Waals surface area contributed by atoms with E-state index in [-0.39, 0.29) is 30.8 Å². The Bertz CT molecular complexity index is 941. The summed E-state index contributed by atoms with van der Waals surface area (Å²) in [7, 11) is 0. The van der Waals surface area contributed by atoms with Crippen LogP contribution in [0, 0.1) is 0 Å². The summed E-state index contributed by atoms with van der Waals surface area (Å²) in [4.78, 5) is 22.7. The smallest absolute Gasteiger partial charge is 0.330 e. The largest absolute Gasteiger partial charge is 0.490 e. The zero-order chi connectivity index (χ0) is 26.0. The van der Waals surface area contributed by atoms with Crippen LogP contribution < -0.4 is 9.47 Å². The third-order valence-electron chi connectivity index (χ3n) is 6.46. The molecule has 0 spiro atoms. The highest BCUT2D eigenvalue weighted by Crippen LogP contribution is 2.45. The molecule has 3 rings (SSSR count). The number of benzene rings is 2.